The van der Waals surface area contributed by atoms with Crippen LogP contribution in [0.5, 0.6) is 34.5 Å². The molecule has 0 bridgehead atoms. The van der Waals surface area contributed by atoms with Gasteiger partial charge in [-0.1, -0.05) is 313 Å². The Balaban J connectivity index is 0.000000169. The zero-order valence-electron chi connectivity index (χ0n) is 117. The second-order valence-corrected chi connectivity index (χ2v) is 38.9. The number of rotatable bonds is 4. The molecular formula is C118H132B3N3O3. The molecule has 127 heavy (non-hydrogen) atoms. The van der Waals surface area contributed by atoms with Crippen LogP contribution in [0.15, 0.2) is 237 Å². The molecule has 0 saturated carbocycles. The van der Waals surface area contributed by atoms with Crippen LogP contribution in [0.4, 0.5) is 51.2 Å². The SMILES string of the molecule is [2H]C([2H])([2H])C(C)(C)c1cc(N2c3cc(C(C)(C)C([2H])([2H])[2H])ccc3B3c4cc(C(C)(C([2H])([2H])[2H])C([2H])([2H])[2H])ccc4Oc4cc(C)cc2c43)cc(C(C)(C([2H])([2H])[2H])C([2H])([2H])[2H])c1.[2H]C([2H])([2H])C(C)(C)c1ccc(N2c3ccc(C(C)(C)C([2H])([2H])[2H])cc3B3c4ccc(C(C([2H])([2H])[2H])(C([2H])([2H])[2H])C([2H])([2H])[2H])cc4Oc4cc(C)cc2c43)cc1.[2H]C([2H])([2H])c1ccccc1-c1ccc2c(c1)Oc1cc(C)cc3c1B2c1cc(C(C)(C)C([2H])([2H])[2H])ccc1N3c1ccc(C(C)(C)C([2H])([2H])[2H])cc1. The molecule has 0 N–H and O–H groups in total. The van der Waals surface area contributed by atoms with Gasteiger partial charge >= 0.3 is 0 Å². The largest absolute Gasteiger partial charge is 0.458 e. The molecule has 0 radical (unpaired) electrons. The summed E-state index contributed by atoms with van der Waals surface area (Å²) in [6.07, 6.45) is 0. The number of hydrogen-bond acceptors (Lipinski definition) is 6. The molecule has 6 aliphatic rings. The third kappa shape index (κ3) is 16.3. The molecule has 9 heteroatoms. The Kier molecular flexibility index (Phi) is 12.3. The van der Waals surface area contributed by atoms with E-state index in [1.165, 1.54) is 63.2 Å². The van der Waals surface area contributed by atoms with Gasteiger partial charge in [-0.3, -0.25) is 0 Å². The Morgan fingerprint density at radius 3 is 1.07 bits per heavy atom. The summed E-state index contributed by atoms with van der Waals surface area (Å²) in [7, 11) is 0. The van der Waals surface area contributed by atoms with E-state index in [0.717, 1.165) is 62.8 Å². The number of hydrogen-bond donors (Lipinski definition) is 0. The molecule has 0 atom stereocenters. The topological polar surface area (TPSA) is 37.4 Å². The van der Waals surface area contributed by atoms with E-state index in [1.54, 1.807) is 147 Å². The van der Waals surface area contributed by atoms with E-state index in [4.69, 9.17) is 71.8 Å². The molecule has 0 unspecified atom stereocenters. The van der Waals surface area contributed by atoms with Crippen LogP contribution in [0.1, 0.15) is 316 Å². The number of ether oxygens (including phenoxy) is 3. The van der Waals surface area contributed by atoms with Gasteiger partial charge in [0.15, 0.2) is 0 Å². The van der Waals surface area contributed by atoms with Crippen molar-refractivity contribution < 1.29 is 71.8 Å². The van der Waals surface area contributed by atoms with E-state index in [0.29, 0.717) is 123 Å². The third-order valence-electron chi connectivity index (χ3n) is 25.3. The second kappa shape index (κ2) is 30.8. The quantitative estimate of drug-likeness (QED) is 0.164. The highest BCUT2D eigenvalue weighted by molar-refractivity contribution is 7.01. The van der Waals surface area contributed by atoms with Crippen molar-refractivity contribution in [3.63, 3.8) is 0 Å². The lowest BCUT2D eigenvalue weighted by molar-refractivity contribution is 0.483. The van der Waals surface area contributed by atoms with Crippen LogP contribution in [-0.4, -0.2) is 20.1 Å². The average molecular weight is 1720 g/mol. The van der Waals surface area contributed by atoms with Gasteiger partial charge in [0, 0.05) is 109 Å². The van der Waals surface area contributed by atoms with E-state index >= 15 is 0 Å². The van der Waals surface area contributed by atoms with Crippen molar-refractivity contribution in [1.29, 1.82) is 0 Å². The minimum absolute atomic E-state index is 0.0129. The van der Waals surface area contributed by atoms with Crippen molar-refractivity contribution in [3.8, 4) is 45.6 Å². The van der Waals surface area contributed by atoms with Gasteiger partial charge in [0.2, 0.25) is 0 Å². The molecule has 0 spiro atoms. The zero-order chi connectivity index (χ0) is 126. The third-order valence-corrected chi connectivity index (χ3v) is 25.3. The zero-order valence-corrected chi connectivity index (χ0v) is 74.8. The van der Waals surface area contributed by atoms with Gasteiger partial charge in [0.05, 0.1) is 0 Å². The van der Waals surface area contributed by atoms with Crippen molar-refractivity contribution in [2.24, 2.45) is 0 Å². The van der Waals surface area contributed by atoms with Crippen LogP contribution in [0.3, 0.4) is 0 Å². The van der Waals surface area contributed by atoms with Crippen LogP contribution in [0.2, 0.25) is 0 Å². The van der Waals surface area contributed by atoms with Gasteiger partial charge in [-0.15, -0.1) is 0 Å². The molecular weight excluding hydrogens is 1540 g/mol. The lowest BCUT2D eigenvalue weighted by atomic mass is 9.34. The molecule has 0 aromatic heterocycles. The Labute approximate surface area is 821 Å². The maximum absolute atomic E-state index is 8.56. The summed E-state index contributed by atoms with van der Waals surface area (Å²) >= 11 is 0. The van der Waals surface area contributed by atoms with Gasteiger partial charge in [0.1, 0.15) is 34.5 Å². The fraction of sp³-hybridized carbons (Fsp3) is 0.339. The molecule has 6 nitrogen and oxygen atoms in total. The van der Waals surface area contributed by atoms with Crippen molar-refractivity contribution in [1.82, 2.24) is 0 Å². The summed E-state index contributed by atoms with van der Waals surface area (Å²) in [5.74, 6) is 2.40. The summed E-state index contributed by atoms with van der Waals surface area (Å²) in [5.41, 5.74) is 2.37. The molecule has 6 aliphatic heterocycles. The van der Waals surface area contributed by atoms with E-state index in [1.807, 2.05) is 141 Å². The van der Waals surface area contributed by atoms with Crippen LogP contribution in [0.25, 0.3) is 11.1 Å². The molecule has 0 amide bonds. The Morgan fingerprint density at radius 1 is 0.236 bits per heavy atom. The van der Waals surface area contributed by atoms with Gasteiger partial charge < -0.3 is 28.9 Å². The van der Waals surface area contributed by atoms with Crippen molar-refractivity contribution in [2.45, 2.75) is 262 Å². The average Bonchev–Trinajstić information content (AvgIpc) is 0.693. The van der Waals surface area contributed by atoms with E-state index in [9.17, 15) is 0 Å². The van der Waals surface area contributed by atoms with Crippen LogP contribution >= 0.6 is 0 Å². The predicted octanol–water partition coefficient (Wildman–Crippen LogP) is 26.9. The van der Waals surface area contributed by atoms with Crippen molar-refractivity contribution >= 4 is 120 Å². The van der Waals surface area contributed by atoms with Crippen molar-refractivity contribution in [3.05, 3.63) is 309 Å². The standard InChI is InChI=1S/C41H50BNO.C40H40BNO.C37H42BNO/c1-25-18-34-37-36(19-25)44-35-17-15-26(38(2,3)4)23-32(35)42(37)31-16-14-27(39(5,6)7)24-33(31)43(34)30-21-28(40(8,9)10)20-29(22-30)41(11,12)13;1-25-21-35-38-37(22-25)43-36-23-27(31-12-10-9-11-26(31)2)13-19-32(36)41(38)33-24-29(40(6,7)8)16-20-34(33)42(35)30-17-14-28(15-18-30)39(3,4)5;1-23-19-31-34-33(20-23)40-32-22-26(37(8,9)10)13-17-28(32)38(34)29-21-25(36(5,6)7)14-18-30(29)39(31)27-15-11-24(12-16-27)35(2,3)4/h14-24H,1-13H3;9-24H,1-8H3;11-22H,1-10H3/i2D3,3D3,5D3,8D3,9D3,11D3;2D3,3D3,6D3;2D3,5D3,8D3,9D3,10D3. The summed E-state index contributed by atoms with van der Waals surface area (Å²) in [5, 5.41) is 0. The minimum atomic E-state index is -3.48. The monoisotopic (exact) mass is 1710 g/mol. The highest BCUT2D eigenvalue weighted by atomic mass is 16.5. The lowest BCUT2D eigenvalue weighted by Crippen LogP contribution is -2.59. The summed E-state index contributed by atoms with van der Waals surface area (Å²) < 4.78 is 371. The number of fused-ring (bicyclic) bond motifs is 12. The maximum Gasteiger partial charge on any atom is 0.256 e. The van der Waals surface area contributed by atoms with Crippen molar-refractivity contribution in [2.75, 3.05) is 14.7 Å². The minimum Gasteiger partial charge on any atom is -0.458 e. The first-order chi connectivity index (χ1) is 76.7. The Bertz CT molecular complexity index is 8270. The molecule has 13 aromatic rings. The maximum atomic E-state index is 8.56. The smallest absolute Gasteiger partial charge is 0.256 e. The fourth-order valence-electron chi connectivity index (χ4n) is 18.5. The fourth-order valence-corrected chi connectivity index (χ4v) is 18.5. The summed E-state index contributed by atoms with van der Waals surface area (Å²) in [4.78, 5) is 5.87. The second-order valence-electron chi connectivity index (χ2n) is 38.9. The number of nitrogens with zero attached hydrogens (tertiary/aromatic N) is 3. The molecule has 19 rings (SSSR count). The van der Waals surface area contributed by atoms with Gasteiger partial charge in [-0.25, -0.2) is 0 Å². The highest BCUT2D eigenvalue weighted by Gasteiger charge is 2.48. The molecule has 0 fully saturated rings. The van der Waals surface area contributed by atoms with Crippen LogP contribution in [-0.2, 0) is 48.7 Å². The molecule has 6 heterocycles. The number of aryl methyl sites for hydroxylation is 4. The van der Waals surface area contributed by atoms with Gasteiger partial charge in [0.25, 0.3) is 20.1 Å². The van der Waals surface area contributed by atoms with Gasteiger partial charge in [-0.05, 0) is 318 Å². The number of benzene rings is 13. The van der Waals surface area contributed by atoms with Gasteiger partial charge in [-0.2, -0.15) is 0 Å². The van der Waals surface area contributed by atoms with E-state index in [2.05, 4.69) is 11.0 Å². The molecule has 13 aromatic carbocycles. The normalized spacial score (nSPS) is 20.5. The Hall–Kier alpha value is -11.1. The summed E-state index contributed by atoms with van der Waals surface area (Å²) in [6.45, 7) is -13.3. The first-order valence-corrected chi connectivity index (χ1v) is 42.9. The van der Waals surface area contributed by atoms with Crippen LogP contribution in [0, 0.1) is 27.6 Å². The van der Waals surface area contributed by atoms with Crippen LogP contribution < -0.4 is 78.1 Å². The highest BCUT2D eigenvalue weighted by Crippen LogP contribution is 2.50. The molecule has 0 saturated heterocycles. The number of anilines is 9. The first-order valence-electron chi connectivity index (χ1n) is 63.9. The van der Waals surface area contributed by atoms with E-state index < -0.39 is 164 Å². The first kappa shape index (κ1) is 50.6. The molecule has 646 valence electrons. The lowest BCUT2D eigenvalue weighted by Gasteiger charge is -2.42. The predicted molar refractivity (Wildman–Crippen MR) is 550 cm³/mol. The molecule has 0 aliphatic carbocycles. The Morgan fingerprint density at radius 2 is 0.591 bits per heavy atom. The van der Waals surface area contributed by atoms with E-state index in [-0.39, 0.29) is 40.4 Å². The summed E-state index contributed by atoms with van der Waals surface area (Å²) in [6, 6.07) is 68.4.